The van der Waals surface area contributed by atoms with Crippen LogP contribution in [0.1, 0.15) is 5.56 Å². The van der Waals surface area contributed by atoms with E-state index in [0.29, 0.717) is 16.2 Å². The fraction of sp³-hybridized carbons (Fsp3) is 0.0526. The first kappa shape index (κ1) is 15.6. The molecule has 3 rings (SSSR count). The van der Waals surface area contributed by atoms with Crippen molar-refractivity contribution in [2.24, 2.45) is 0 Å². The van der Waals surface area contributed by atoms with Gasteiger partial charge in [0.2, 0.25) is 0 Å². The summed E-state index contributed by atoms with van der Waals surface area (Å²) in [5, 5.41) is 1.41. The highest BCUT2D eigenvalue weighted by molar-refractivity contribution is 7.78. The van der Waals surface area contributed by atoms with Gasteiger partial charge in [0.1, 0.15) is 7.14 Å². The van der Waals surface area contributed by atoms with E-state index < -0.39 is 18.8 Å². The zero-order chi connectivity index (χ0) is 16.3. The maximum absolute atomic E-state index is 13.8. The summed E-state index contributed by atoms with van der Waals surface area (Å²) < 4.78 is 40.4. The van der Waals surface area contributed by atoms with Gasteiger partial charge in [-0.3, -0.25) is 0 Å². The molecule has 0 bridgehead atoms. The second-order valence-corrected chi connectivity index (χ2v) is 8.15. The Kier molecular flexibility index (Phi) is 4.40. The van der Waals surface area contributed by atoms with E-state index in [9.17, 15) is 13.3 Å². The van der Waals surface area contributed by atoms with Gasteiger partial charge < -0.3 is 4.57 Å². The minimum atomic E-state index is -2.97. The molecule has 0 saturated heterocycles. The second-order valence-electron chi connectivity index (χ2n) is 5.32. The van der Waals surface area contributed by atoms with Crippen LogP contribution in [-0.4, -0.2) is 0 Å². The van der Waals surface area contributed by atoms with Crippen LogP contribution >= 0.6 is 7.14 Å². The summed E-state index contributed by atoms with van der Waals surface area (Å²) in [5.41, 5.74) is 0.514. The van der Waals surface area contributed by atoms with E-state index in [4.69, 9.17) is 0 Å². The van der Waals surface area contributed by atoms with Gasteiger partial charge in [0, 0.05) is 16.8 Å². The Morgan fingerprint density at radius 1 is 0.696 bits per heavy atom. The normalized spacial score (nSPS) is 11.4. The first-order valence-corrected chi connectivity index (χ1v) is 9.13. The van der Waals surface area contributed by atoms with E-state index in [1.165, 1.54) is 6.07 Å². The minimum Gasteiger partial charge on any atom is -0.313 e. The summed E-state index contributed by atoms with van der Waals surface area (Å²) in [6.07, 6.45) is 0.151. The van der Waals surface area contributed by atoms with E-state index in [2.05, 4.69) is 0 Å². The molecule has 0 N–H and O–H groups in total. The van der Waals surface area contributed by atoms with Crippen LogP contribution in [0.4, 0.5) is 8.78 Å². The van der Waals surface area contributed by atoms with Crippen molar-refractivity contribution in [2.75, 3.05) is 0 Å². The van der Waals surface area contributed by atoms with Gasteiger partial charge in [-0.25, -0.2) is 8.78 Å². The summed E-state index contributed by atoms with van der Waals surface area (Å²) in [5.74, 6) is -1.82. The summed E-state index contributed by atoms with van der Waals surface area (Å²) in [6, 6.07) is 22.0. The second kappa shape index (κ2) is 6.47. The van der Waals surface area contributed by atoms with Crippen molar-refractivity contribution in [3.8, 4) is 0 Å². The van der Waals surface area contributed by atoms with Gasteiger partial charge in [0.05, 0.1) is 0 Å². The Labute approximate surface area is 134 Å². The standard InChI is InChI=1S/C19H15F2OP/c20-18-12-11-15(13-19(18)21)14-23(22,16-7-3-1-4-8-16)17-9-5-2-6-10-17/h1-13H,14H2. The van der Waals surface area contributed by atoms with Gasteiger partial charge in [0.25, 0.3) is 0 Å². The highest BCUT2D eigenvalue weighted by Gasteiger charge is 2.27. The lowest BCUT2D eigenvalue weighted by Crippen LogP contribution is -2.17. The van der Waals surface area contributed by atoms with E-state index in [0.717, 1.165) is 12.1 Å². The Morgan fingerprint density at radius 3 is 1.70 bits per heavy atom. The average Bonchev–Trinajstić information content (AvgIpc) is 2.60. The molecule has 4 heteroatoms. The maximum Gasteiger partial charge on any atom is 0.159 e. The fourth-order valence-electron chi connectivity index (χ4n) is 2.56. The third-order valence-electron chi connectivity index (χ3n) is 3.74. The Morgan fingerprint density at radius 2 is 1.22 bits per heavy atom. The van der Waals surface area contributed by atoms with Crippen molar-refractivity contribution in [1.82, 2.24) is 0 Å². The van der Waals surface area contributed by atoms with E-state index in [-0.39, 0.29) is 6.16 Å². The van der Waals surface area contributed by atoms with Gasteiger partial charge in [-0.1, -0.05) is 66.7 Å². The molecule has 3 aromatic carbocycles. The van der Waals surface area contributed by atoms with E-state index in [1.54, 1.807) is 0 Å². The monoisotopic (exact) mass is 328 g/mol. The van der Waals surface area contributed by atoms with Gasteiger partial charge >= 0.3 is 0 Å². The first-order valence-electron chi connectivity index (χ1n) is 7.24. The van der Waals surface area contributed by atoms with Crippen LogP contribution in [0.2, 0.25) is 0 Å². The molecule has 1 nitrogen and oxygen atoms in total. The average molecular weight is 328 g/mol. The molecule has 116 valence electrons. The number of hydrogen-bond acceptors (Lipinski definition) is 1. The molecule has 3 aromatic rings. The lowest BCUT2D eigenvalue weighted by atomic mass is 10.2. The molecule has 0 unspecified atom stereocenters. The molecule has 0 aliphatic carbocycles. The lowest BCUT2D eigenvalue weighted by molar-refractivity contribution is 0.507. The molecular formula is C19H15F2OP. The Balaban J connectivity index is 2.09. The third-order valence-corrected chi connectivity index (χ3v) is 6.81. The predicted molar refractivity (Wildman–Crippen MR) is 89.8 cm³/mol. The van der Waals surface area contributed by atoms with Crippen LogP contribution in [0.25, 0.3) is 0 Å². The van der Waals surface area contributed by atoms with Crippen LogP contribution in [0, 0.1) is 11.6 Å². The highest BCUT2D eigenvalue weighted by atomic mass is 31.2. The molecule has 0 atom stereocenters. The molecule has 0 aliphatic rings. The van der Waals surface area contributed by atoms with Crippen molar-refractivity contribution in [2.45, 2.75) is 6.16 Å². The predicted octanol–water partition coefficient (Wildman–Crippen LogP) is 4.48. The minimum absolute atomic E-state index is 0.151. The van der Waals surface area contributed by atoms with Gasteiger partial charge in [0.15, 0.2) is 11.6 Å². The smallest absolute Gasteiger partial charge is 0.159 e. The summed E-state index contributed by atoms with van der Waals surface area (Å²) in [4.78, 5) is 0. The van der Waals surface area contributed by atoms with Crippen LogP contribution < -0.4 is 10.6 Å². The summed E-state index contributed by atoms with van der Waals surface area (Å²) >= 11 is 0. The van der Waals surface area contributed by atoms with Crippen LogP contribution in [0.15, 0.2) is 78.9 Å². The van der Waals surface area contributed by atoms with Crippen molar-refractivity contribution in [3.05, 3.63) is 96.1 Å². The number of benzene rings is 3. The Hall–Kier alpha value is -2.25. The Bertz CT molecular complexity index is 804. The van der Waals surface area contributed by atoms with Crippen molar-refractivity contribution in [3.63, 3.8) is 0 Å². The molecule has 0 spiro atoms. The van der Waals surface area contributed by atoms with Gasteiger partial charge in [-0.15, -0.1) is 0 Å². The SMILES string of the molecule is O=P(Cc1ccc(F)c(F)c1)(c1ccccc1)c1ccccc1. The maximum atomic E-state index is 13.8. The highest BCUT2D eigenvalue weighted by Crippen LogP contribution is 2.46. The molecule has 0 saturated carbocycles. The topological polar surface area (TPSA) is 17.1 Å². The van der Waals surface area contributed by atoms with Gasteiger partial charge in [-0.05, 0) is 17.7 Å². The zero-order valence-electron chi connectivity index (χ0n) is 12.3. The lowest BCUT2D eigenvalue weighted by Gasteiger charge is -2.19. The molecule has 23 heavy (non-hydrogen) atoms. The number of hydrogen-bond donors (Lipinski definition) is 0. The largest absolute Gasteiger partial charge is 0.313 e. The molecule has 0 heterocycles. The molecular weight excluding hydrogens is 313 g/mol. The van der Waals surface area contributed by atoms with Crippen LogP contribution in [-0.2, 0) is 10.7 Å². The number of halogens is 2. The third kappa shape index (κ3) is 3.25. The summed E-state index contributed by atoms with van der Waals surface area (Å²) in [7, 11) is -2.97. The molecule has 0 aromatic heterocycles. The quantitative estimate of drug-likeness (QED) is 0.646. The summed E-state index contributed by atoms with van der Waals surface area (Å²) in [6.45, 7) is 0. The van der Waals surface area contributed by atoms with E-state index in [1.807, 2.05) is 60.7 Å². The first-order chi connectivity index (χ1) is 11.1. The van der Waals surface area contributed by atoms with Crippen molar-refractivity contribution >= 4 is 17.8 Å². The zero-order valence-corrected chi connectivity index (χ0v) is 13.2. The van der Waals surface area contributed by atoms with E-state index >= 15 is 0 Å². The van der Waals surface area contributed by atoms with Crippen LogP contribution in [0.5, 0.6) is 0 Å². The van der Waals surface area contributed by atoms with Gasteiger partial charge in [-0.2, -0.15) is 0 Å². The molecule has 0 amide bonds. The molecule has 0 aliphatic heterocycles. The fourth-order valence-corrected chi connectivity index (χ4v) is 5.25. The molecule has 0 fully saturated rings. The molecule has 0 radical (unpaired) electrons. The number of rotatable bonds is 4. The van der Waals surface area contributed by atoms with Crippen LogP contribution in [0.3, 0.4) is 0 Å². The van der Waals surface area contributed by atoms with Crippen molar-refractivity contribution in [1.29, 1.82) is 0 Å². The van der Waals surface area contributed by atoms with Crippen molar-refractivity contribution < 1.29 is 13.3 Å².